The third-order valence-corrected chi connectivity index (χ3v) is 3.09. The van der Waals surface area contributed by atoms with Gasteiger partial charge in [-0.2, -0.15) is 5.10 Å². The summed E-state index contributed by atoms with van der Waals surface area (Å²) in [7, 11) is 0. The summed E-state index contributed by atoms with van der Waals surface area (Å²) in [6, 6.07) is 4.52. The van der Waals surface area contributed by atoms with Gasteiger partial charge in [0.05, 0.1) is 4.92 Å². The van der Waals surface area contributed by atoms with Gasteiger partial charge in [0, 0.05) is 6.07 Å². The highest BCUT2D eigenvalue weighted by atomic mass is 16.6. The number of H-pyrrole nitrogens is 1. The molecule has 1 aromatic heterocycles. The Kier molecular flexibility index (Phi) is 4.20. The molecule has 8 nitrogen and oxygen atoms in total. The molecule has 1 heterocycles. The highest BCUT2D eigenvalue weighted by Crippen LogP contribution is 2.29. The number of nitrogens with one attached hydrogen (secondary N) is 1. The minimum absolute atomic E-state index is 0.0856. The van der Waals surface area contributed by atoms with E-state index in [9.17, 15) is 14.9 Å². The Hall–Kier alpha value is -2.77. The van der Waals surface area contributed by atoms with Crippen molar-refractivity contribution in [2.45, 2.75) is 32.8 Å². The molecule has 1 aromatic carbocycles. The number of nitro benzene ring substituents is 1. The number of carbonyl (C=O) groups is 1. The van der Waals surface area contributed by atoms with Crippen molar-refractivity contribution in [3.05, 3.63) is 51.6 Å². The van der Waals surface area contributed by atoms with Crippen molar-refractivity contribution < 1.29 is 14.5 Å². The maximum absolute atomic E-state index is 12.0. The van der Waals surface area contributed by atoms with Crippen molar-refractivity contribution in [2.75, 3.05) is 0 Å². The van der Waals surface area contributed by atoms with Gasteiger partial charge in [0.1, 0.15) is 11.9 Å². The van der Waals surface area contributed by atoms with Crippen LogP contribution in [0.5, 0.6) is 0 Å². The number of nitro groups is 1. The number of benzene rings is 1. The average Bonchev–Trinajstić information content (AvgIpc) is 2.96. The summed E-state index contributed by atoms with van der Waals surface area (Å²) in [4.78, 5) is 26.5. The number of ether oxygens (including phenoxy) is 1. The second-order valence-electron chi connectivity index (χ2n) is 5.75. The molecule has 0 bridgehead atoms. The van der Waals surface area contributed by atoms with Crippen LogP contribution in [0.4, 0.5) is 5.69 Å². The fourth-order valence-electron chi connectivity index (χ4n) is 1.83. The molecule has 1 N–H and O–H groups in total. The van der Waals surface area contributed by atoms with Crippen molar-refractivity contribution >= 4 is 11.7 Å². The molecule has 0 unspecified atom stereocenters. The molecule has 0 aliphatic heterocycles. The minimum atomic E-state index is -0.774. The molecule has 0 aliphatic carbocycles. The first kappa shape index (κ1) is 15.6. The first-order valence-electron chi connectivity index (χ1n) is 6.59. The molecule has 0 aliphatic rings. The minimum Gasteiger partial charge on any atom is -0.454 e. The Morgan fingerprint density at radius 1 is 1.41 bits per heavy atom. The van der Waals surface area contributed by atoms with Gasteiger partial charge < -0.3 is 4.74 Å². The fraction of sp³-hybridized carbons (Fsp3) is 0.357. The van der Waals surface area contributed by atoms with Crippen LogP contribution >= 0.6 is 0 Å². The SMILES string of the molecule is CC(C)(C)c1ccc(C(=O)OCc2ncn[nH]2)c([N+](=O)[O-])c1. The van der Waals surface area contributed by atoms with Crippen molar-refractivity contribution in [1.29, 1.82) is 0 Å². The van der Waals surface area contributed by atoms with E-state index in [0.29, 0.717) is 5.82 Å². The van der Waals surface area contributed by atoms with Crippen LogP contribution < -0.4 is 0 Å². The number of aromatic amines is 1. The molecule has 0 saturated carbocycles. The average molecular weight is 304 g/mol. The van der Waals surface area contributed by atoms with E-state index >= 15 is 0 Å². The maximum Gasteiger partial charge on any atom is 0.345 e. The van der Waals surface area contributed by atoms with Gasteiger partial charge >= 0.3 is 5.97 Å². The van der Waals surface area contributed by atoms with Crippen LogP contribution in [0.25, 0.3) is 0 Å². The maximum atomic E-state index is 12.0. The largest absolute Gasteiger partial charge is 0.454 e. The summed E-state index contributed by atoms with van der Waals surface area (Å²) in [6.45, 7) is 5.69. The predicted molar refractivity (Wildman–Crippen MR) is 77.3 cm³/mol. The number of carbonyl (C=O) groups excluding carboxylic acids is 1. The zero-order valence-corrected chi connectivity index (χ0v) is 12.5. The monoisotopic (exact) mass is 304 g/mol. The zero-order chi connectivity index (χ0) is 16.3. The van der Waals surface area contributed by atoms with Gasteiger partial charge in [-0.1, -0.05) is 26.8 Å². The number of nitrogens with zero attached hydrogens (tertiary/aromatic N) is 3. The quantitative estimate of drug-likeness (QED) is 0.527. The van der Waals surface area contributed by atoms with E-state index in [0.717, 1.165) is 5.56 Å². The van der Waals surface area contributed by atoms with E-state index in [2.05, 4.69) is 15.2 Å². The molecule has 0 saturated heterocycles. The molecule has 0 spiro atoms. The highest BCUT2D eigenvalue weighted by Gasteiger charge is 2.25. The van der Waals surface area contributed by atoms with E-state index in [1.807, 2.05) is 20.8 Å². The van der Waals surface area contributed by atoms with E-state index in [-0.39, 0.29) is 23.3 Å². The Balaban J connectivity index is 2.25. The Morgan fingerprint density at radius 3 is 2.68 bits per heavy atom. The number of esters is 1. The molecule has 0 fully saturated rings. The van der Waals surface area contributed by atoms with Gasteiger partial charge in [-0.3, -0.25) is 15.2 Å². The molecule has 0 amide bonds. The van der Waals surface area contributed by atoms with Crippen molar-refractivity contribution in [3.8, 4) is 0 Å². The first-order valence-corrected chi connectivity index (χ1v) is 6.59. The highest BCUT2D eigenvalue weighted by molar-refractivity contribution is 5.94. The van der Waals surface area contributed by atoms with Gasteiger partial charge in [-0.05, 0) is 17.0 Å². The lowest BCUT2D eigenvalue weighted by Gasteiger charge is -2.19. The molecule has 0 atom stereocenters. The second-order valence-corrected chi connectivity index (χ2v) is 5.75. The third kappa shape index (κ3) is 3.46. The van der Waals surface area contributed by atoms with Gasteiger partial charge in [-0.15, -0.1) is 0 Å². The topological polar surface area (TPSA) is 111 Å². The molecule has 0 radical (unpaired) electrons. The van der Waals surface area contributed by atoms with Gasteiger partial charge in [0.25, 0.3) is 5.69 Å². The fourth-order valence-corrected chi connectivity index (χ4v) is 1.83. The summed E-state index contributed by atoms with van der Waals surface area (Å²) < 4.78 is 5.01. The van der Waals surface area contributed by atoms with E-state index in [4.69, 9.17) is 4.74 Å². The Labute approximate surface area is 126 Å². The second kappa shape index (κ2) is 5.92. The molecule has 2 aromatic rings. The lowest BCUT2D eigenvalue weighted by Crippen LogP contribution is -2.14. The van der Waals surface area contributed by atoms with Gasteiger partial charge in [0.15, 0.2) is 12.4 Å². The molecule has 2 rings (SSSR count). The summed E-state index contributed by atoms with van der Waals surface area (Å²) >= 11 is 0. The first-order chi connectivity index (χ1) is 10.3. The van der Waals surface area contributed by atoms with Crippen LogP contribution in [0.2, 0.25) is 0 Å². The van der Waals surface area contributed by atoms with Crippen LogP contribution in [0.3, 0.4) is 0 Å². The summed E-state index contributed by atoms with van der Waals surface area (Å²) in [6.07, 6.45) is 1.28. The summed E-state index contributed by atoms with van der Waals surface area (Å²) in [5.74, 6) is -0.411. The number of rotatable bonds is 4. The van der Waals surface area contributed by atoms with Crippen LogP contribution in [0.15, 0.2) is 24.5 Å². The molecule has 116 valence electrons. The predicted octanol–water partition coefficient (Wildman–Crippen LogP) is 2.37. The third-order valence-electron chi connectivity index (χ3n) is 3.09. The molecular formula is C14H16N4O4. The number of hydrogen-bond donors (Lipinski definition) is 1. The van der Waals surface area contributed by atoms with E-state index in [1.165, 1.54) is 18.5 Å². The van der Waals surface area contributed by atoms with E-state index in [1.54, 1.807) is 6.07 Å². The lowest BCUT2D eigenvalue weighted by atomic mass is 9.86. The van der Waals surface area contributed by atoms with Crippen molar-refractivity contribution in [3.63, 3.8) is 0 Å². The Morgan fingerprint density at radius 2 is 2.14 bits per heavy atom. The Bertz CT molecular complexity index is 689. The molecular weight excluding hydrogens is 288 g/mol. The molecule has 8 heteroatoms. The van der Waals surface area contributed by atoms with Crippen LogP contribution in [-0.2, 0) is 16.8 Å². The zero-order valence-electron chi connectivity index (χ0n) is 12.5. The normalized spacial score (nSPS) is 11.2. The van der Waals surface area contributed by atoms with Crippen LogP contribution in [0.1, 0.15) is 42.5 Å². The summed E-state index contributed by atoms with van der Waals surface area (Å²) in [5, 5.41) is 17.4. The number of aromatic nitrogens is 3. The van der Waals surface area contributed by atoms with Gasteiger partial charge in [-0.25, -0.2) is 9.78 Å². The van der Waals surface area contributed by atoms with E-state index < -0.39 is 10.9 Å². The standard InChI is InChI=1S/C14H16N4O4/c1-14(2,3)9-4-5-10(11(6-9)18(20)21)13(19)22-7-12-15-8-16-17-12/h4-6,8H,7H2,1-3H3,(H,15,16,17). The van der Waals surface area contributed by atoms with Crippen LogP contribution in [0, 0.1) is 10.1 Å². The lowest BCUT2D eigenvalue weighted by molar-refractivity contribution is -0.385. The van der Waals surface area contributed by atoms with Crippen molar-refractivity contribution in [2.24, 2.45) is 0 Å². The van der Waals surface area contributed by atoms with Crippen LogP contribution in [-0.4, -0.2) is 26.1 Å². The van der Waals surface area contributed by atoms with Gasteiger partial charge in [0.2, 0.25) is 0 Å². The smallest absolute Gasteiger partial charge is 0.345 e. The van der Waals surface area contributed by atoms with Crippen molar-refractivity contribution in [1.82, 2.24) is 15.2 Å². The number of hydrogen-bond acceptors (Lipinski definition) is 6. The summed E-state index contributed by atoms with van der Waals surface area (Å²) in [5.41, 5.74) is 0.158. The molecule has 22 heavy (non-hydrogen) atoms.